The second kappa shape index (κ2) is 11.8. The molecule has 7 nitrogen and oxygen atoms in total. The van der Waals surface area contributed by atoms with E-state index < -0.39 is 0 Å². The van der Waals surface area contributed by atoms with Crippen molar-refractivity contribution < 1.29 is 14.3 Å². The Morgan fingerprint density at radius 2 is 1.68 bits per heavy atom. The van der Waals surface area contributed by atoms with E-state index >= 15 is 0 Å². The van der Waals surface area contributed by atoms with Crippen LogP contribution in [0, 0.1) is 13.8 Å². The first-order chi connectivity index (χ1) is 18.4. The van der Waals surface area contributed by atoms with E-state index in [-0.39, 0.29) is 18.5 Å². The number of thiophene rings is 1. The fourth-order valence-corrected chi connectivity index (χ4v) is 6.65. The van der Waals surface area contributed by atoms with Gasteiger partial charge in [-0.2, -0.15) is 0 Å². The van der Waals surface area contributed by atoms with E-state index in [1.54, 1.807) is 6.08 Å². The number of rotatable bonds is 9. The summed E-state index contributed by atoms with van der Waals surface area (Å²) in [5.41, 5.74) is 6.03. The van der Waals surface area contributed by atoms with E-state index in [0.717, 1.165) is 81.0 Å². The molecule has 8 heteroatoms. The molecule has 2 aromatic heterocycles. The van der Waals surface area contributed by atoms with Gasteiger partial charge in [0.05, 0.1) is 12.2 Å². The van der Waals surface area contributed by atoms with Gasteiger partial charge < -0.3 is 19.5 Å². The Kier molecular flexibility index (Phi) is 8.31. The van der Waals surface area contributed by atoms with E-state index in [1.165, 1.54) is 33.6 Å². The zero-order chi connectivity index (χ0) is 26.6. The van der Waals surface area contributed by atoms with Crippen molar-refractivity contribution in [3.63, 3.8) is 0 Å². The summed E-state index contributed by atoms with van der Waals surface area (Å²) in [6.07, 6.45) is 4.74. The molecule has 0 bridgehead atoms. The summed E-state index contributed by atoms with van der Waals surface area (Å²) in [6, 6.07) is 8.62. The van der Waals surface area contributed by atoms with Crippen molar-refractivity contribution in [2.75, 3.05) is 59.0 Å². The Hall–Kier alpha value is -2.94. The molecule has 0 saturated carbocycles. The third-order valence-corrected chi connectivity index (χ3v) is 8.63. The Labute approximate surface area is 229 Å². The summed E-state index contributed by atoms with van der Waals surface area (Å²) in [5, 5.41) is 1.10. The van der Waals surface area contributed by atoms with E-state index in [4.69, 9.17) is 4.74 Å². The molecule has 38 heavy (non-hydrogen) atoms. The number of likely N-dealkylation sites (tertiary alicyclic amines) is 1. The molecule has 2 fully saturated rings. The first-order valence-electron chi connectivity index (χ1n) is 13.6. The average Bonchev–Trinajstić information content (AvgIpc) is 3.63. The van der Waals surface area contributed by atoms with E-state index in [0.29, 0.717) is 11.4 Å². The lowest BCUT2D eigenvalue weighted by Gasteiger charge is -2.35. The number of ether oxygens (including phenoxy) is 1. The van der Waals surface area contributed by atoms with Crippen molar-refractivity contribution in [2.24, 2.45) is 0 Å². The van der Waals surface area contributed by atoms with Gasteiger partial charge in [0, 0.05) is 51.2 Å². The van der Waals surface area contributed by atoms with Crippen molar-refractivity contribution in [1.29, 1.82) is 0 Å². The summed E-state index contributed by atoms with van der Waals surface area (Å²) in [5.74, 6) is -0.0263. The standard InChI is InChI=1S/C30H38N4O3S/c1-4-15-37-30(36)26-19-25-24(28(31-29(25)38-26)23-17-21(2)16-22(3)18-23)7-10-32-11-13-33(14-12-32)20-27(35)34-8-5-6-9-34/h4,16-19,31H,1,5-15,20H2,2-3H3. The minimum atomic E-state index is -0.307. The van der Waals surface area contributed by atoms with Crippen molar-refractivity contribution in [2.45, 2.75) is 33.1 Å². The average molecular weight is 535 g/mol. The van der Waals surface area contributed by atoms with Crippen molar-refractivity contribution in [3.8, 4) is 11.3 Å². The van der Waals surface area contributed by atoms with Crippen LogP contribution in [0.2, 0.25) is 0 Å². The number of aromatic nitrogens is 1. The van der Waals surface area contributed by atoms with Gasteiger partial charge in [-0.05, 0) is 62.4 Å². The summed E-state index contributed by atoms with van der Waals surface area (Å²) >= 11 is 1.45. The lowest BCUT2D eigenvalue weighted by atomic mass is 9.99. The largest absolute Gasteiger partial charge is 0.457 e. The molecule has 1 N–H and O–H groups in total. The highest BCUT2D eigenvalue weighted by Gasteiger charge is 2.25. The van der Waals surface area contributed by atoms with Crippen molar-refractivity contribution in [1.82, 2.24) is 19.7 Å². The lowest BCUT2D eigenvalue weighted by Crippen LogP contribution is -2.50. The van der Waals surface area contributed by atoms with Crippen LogP contribution in [-0.2, 0) is 16.0 Å². The number of nitrogens with zero attached hydrogens (tertiary/aromatic N) is 3. The predicted octanol–water partition coefficient (Wildman–Crippen LogP) is 4.64. The van der Waals surface area contributed by atoms with Crippen LogP contribution in [0.4, 0.5) is 0 Å². The van der Waals surface area contributed by atoms with Crippen LogP contribution in [0.25, 0.3) is 21.5 Å². The Morgan fingerprint density at radius 3 is 2.37 bits per heavy atom. The number of hydrogen-bond acceptors (Lipinski definition) is 6. The van der Waals surface area contributed by atoms with Gasteiger partial charge in [-0.25, -0.2) is 4.79 Å². The number of nitrogens with one attached hydrogen (secondary N) is 1. The predicted molar refractivity (Wildman–Crippen MR) is 154 cm³/mol. The molecule has 202 valence electrons. The maximum atomic E-state index is 12.6. The lowest BCUT2D eigenvalue weighted by molar-refractivity contribution is -0.131. The number of carbonyl (C=O) groups excluding carboxylic acids is 2. The monoisotopic (exact) mass is 534 g/mol. The maximum absolute atomic E-state index is 12.6. The van der Waals surface area contributed by atoms with Gasteiger partial charge in [0.1, 0.15) is 16.3 Å². The molecule has 3 aromatic rings. The van der Waals surface area contributed by atoms with Gasteiger partial charge in [-0.3, -0.25) is 9.69 Å². The number of aryl methyl sites for hydroxylation is 2. The third kappa shape index (κ3) is 6.03. The van der Waals surface area contributed by atoms with Gasteiger partial charge in [0.15, 0.2) is 0 Å². The molecule has 0 spiro atoms. The fraction of sp³-hybridized carbons (Fsp3) is 0.467. The number of fused-ring (bicyclic) bond motifs is 1. The van der Waals surface area contributed by atoms with Gasteiger partial charge in [-0.1, -0.05) is 29.8 Å². The summed E-state index contributed by atoms with van der Waals surface area (Å²) < 4.78 is 5.29. The molecule has 4 heterocycles. The Morgan fingerprint density at radius 1 is 1.00 bits per heavy atom. The molecule has 0 aliphatic carbocycles. The molecule has 5 rings (SSSR count). The molecule has 1 amide bonds. The van der Waals surface area contributed by atoms with Crippen LogP contribution in [-0.4, -0.2) is 90.5 Å². The molecule has 0 unspecified atom stereocenters. The van der Waals surface area contributed by atoms with Gasteiger partial charge in [0.25, 0.3) is 0 Å². The number of H-pyrrole nitrogens is 1. The molecule has 2 aliphatic rings. The molecule has 0 radical (unpaired) electrons. The first kappa shape index (κ1) is 26.7. The number of carbonyl (C=O) groups is 2. The molecule has 2 saturated heterocycles. The normalized spacial score (nSPS) is 16.8. The summed E-state index contributed by atoms with van der Waals surface area (Å²) in [4.78, 5) is 37.1. The highest BCUT2D eigenvalue weighted by molar-refractivity contribution is 7.20. The van der Waals surface area contributed by atoms with Crippen molar-refractivity contribution in [3.05, 3.63) is 58.5 Å². The number of esters is 1. The Balaban J connectivity index is 1.30. The number of benzene rings is 1. The molecule has 1 aromatic carbocycles. The maximum Gasteiger partial charge on any atom is 0.348 e. The molecule has 0 atom stereocenters. The van der Waals surface area contributed by atoms with Crippen LogP contribution in [0.5, 0.6) is 0 Å². The summed E-state index contributed by atoms with van der Waals surface area (Å²) in [7, 11) is 0. The smallest absolute Gasteiger partial charge is 0.348 e. The zero-order valence-corrected chi connectivity index (χ0v) is 23.4. The van der Waals surface area contributed by atoms with Gasteiger partial charge in [0.2, 0.25) is 5.91 Å². The topological polar surface area (TPSA) is 68.9 Å². The fourth-order valence-electron chi connectivity index (χ4n) is 5.66. The van der Waals surface area contributed by atoms with Crippen LogP contribution in [0.15, 0.2) is 36.9 Å². The van der Waals surface area contributed by atoms with Gasteiger partial charge >= 0.3 is 5.97 Å². The van der Waals surface area contributed by atoms with Crippen molar-refractivity contribution >= 4 is 33.4 Å². The SMILES string of the molecule is C=CCOC(=O)c1cc2c(CCN3CCN(CC(=O)N4CCCC4)CC3)c(-c3cc(C)cc(C)c3)[nH]c2s1. The highest BCUT2D eigenvalue weighted by atomic mass is 32.1. The number of piperazine rings is 1. The van der Waals surface area contributed by atoms with Crippen LogP contribution < -0.4 is 0 Å². The minimum absolute atomic E-state index is 0.209. The van der Waals surface area contributed by atoms with E-state index in [9.17, 15) is 9.59 Å². The first-order valence-corrected chi connectivity index (χ1v) is 14.5. The van der Waals surface area contributed by atoms with E-state index in [2.05, 4.69) is 53.4 Å². The number of aromatic amines is 1. The molecular weight excluding hydrogens is 496 g/mol. The number of hydrogen-bond donors (Lipinski definition) is 1. The number of amides is 1. The van der Waals surface area contributed by atoms with Crippen LogP contribution >= 0.6 is 11.3 Å². The van der Waals surface area contributed by atoms with Gasteiger partial charge in [-0.15, -0.1) is 11.3 Å². The minimum Gasteiger partial charge on any atom is -0.457 e. The van der Waals surface area contributed by atoms with Crippen LogP contribution in [0.3, 0.4) is 0 Å². The quantitative estimate of drug-likeness (QED) is 0.320. The highest BCUT2D eigenvalue weighted by Crippen LogP contribution is 2.36. The second-order valence-corrected chi connectivity index (χ2v) is 11.6. The molecular formula is C30H38N4O3S. The Bertz CT molecular complexity index is 1290. The molecule has 2 aliphatic heterocycles. The zero-order valence-electron chi connectivity index (χ0n) is 22.6. The van der Waals surface area contributed by atoms with E-state index in [1.807, 2.05) is 11.0 Å². The van der Waals surface area contributed by atoms with Crippen LogP contribution in [0.1, 0.15) is 39.2 Å². The summed E-state index contributed by atoms with van der Waals surface area (Å²) in [6.45, 7) is 15.2. The second-order valence-electron chi connectivity index (χ2n) is 10.6. The third-order valence-electron chi connectivity index (χ3n) is 7.60.